The maximum Gasteiger partial charge on any atom is 0.0207 e. The van der Waals surface area contributed by atoms with Crippen molar-refractivity contribution in [1.82, 2.24) is 10.2 Å². The number of nitrogens with zero attached hydrogens (tertiary/aromatic N) is 1. The molecule has 0 amide bonds. The quantitative estimate of drug-likeness (QED) is 0.859. The van der Waals surface area contributed by atoms with Crippen LogP contribution in [-0.2, 0) is 6.42 Å². The lowest BCUT2D eigenvalue weighted by atomic mass is 9.93. The second-order valence-electron chi connectivity index (χ2n) is 5.96. The maximum absolute atomic E-state index is 3.57. The van der Waals surface area contributed by atoms with E-state index in [0.717, 1.165) is 13.0 Å². The van der Waals surface area contributed by atoms with Crippen LogP contribution in [0, 0.1) is 0 Å². The van der Waals surface area contributed by atoms with E-state index in [4.69, 9.17) is 0 Å². The van der Waals surface area contributed by atoms with Crippen molar-refractivity contribution in [2.24, 2.45) is 0 Å². The summed E-state index contributed by atoms with van der Waals surface area (Å²) in [6.45, 7) is 10.4. The van der Waals surface area contributed by atoms with E-state index in [9.17, 15) is 0 Å². The fraction of sp³-hybridized carbons (Fsp3) is 0.625. The highest BCUT2D eigenvalue weighted by Crippen LogP contribution is 2.25. The van der Waals surface area contributed by atoms with Gasteiger partial charge in [0.15, 0.2) is 0 Å². The second-order valence-corrected chi connectivity index (χ2v) is 5.96. The predicted octanol–water partition coefficient (Wildman–Crippen LogP) is 2.69. The monoisotopic (exact) mass is 246 g/mol. The highest BCUT2D eigenvalue weighted by Gasteiger charge is 2.32. The molecule has 100 valence electrons. The van der Waals surface area contributed by atoms with Gasteiger partial charge >= 0.3 is 0 Å². The molecule has 1 aromatic rings. The van der Waals surface area contributed by atoms with Gasteiger partial charge in [-0.15, -0.1) is 0 Å². The Morgan fingerprint density at radius 1 is 1.28 bits per heavy atom. The van der Waals surface area contributed by atoms with E-state index in [1.807, 2.05) is 0 Å². The number of likely N-dealkylation sites (N-methyl/N-ethyl adjacent to an activating group) is 1. The highest BCUT2D eigenvalue weighted by molar-refractivity contribution is 5.17. The molecule has 1 unspecified atom stereocenters. The van der Waals surface area contributed by atoms with Crippen molar-refractivity contribution in [1.29, 1.82) is 0 Å². The zero-order chi connectivity index (χ0) is 13.0. The normalized spacial score (nSPS) is 21.4. The van der Waals surface area contributed by atoms with Crippen molar-refractivity contribution in [3.8, 4) is 0 Å². The zero-order valence-corrected chi connectivity index (χ0v) is 11.9. The average molecular weight is 246 g/mol. The molecule has 1 aliphatic heterocycles. The van der Waals surface area contributed by atoms with Gasteiger partial charge in [-0.2, -0.15) is 0 Å². The number of benzene rings is 1. The maximum atomic E-state index is 3.57. The van der Waals surface area contributed by atoms with Crippen LogP contribution in [0.4, 0.5) is 0 Å². The Labute approximate surface area is 111 Å². The van der Waals surface area contributed by atoms with Crippen molar-refractivity contribution in [2.45, 2.75) is 45.2 Å². The largest absolute Gasteiger partial charge is 0.313 e. The van der Waals surface area contributed by atoms with E-state index in [2.05, 4.69) is 61.3 Å². The number of rotatable bonds is 5. The fourth-order valence-electron chi connectivity index (χ4n) is 2.97. The number of hydrogen-bond donors (Lipinski definition) is 1. The Kier molecular flexibility index (Phi) is 4.41. The van der Waals surface area contributed by atoms with Crippen molar-refractivity contribution in [3.05, 3.63) is 35.9 Å². The van der Waals surface area contributed by atoms with E-state index < -0.39 is 0 Å². The summed E-state index contributed by atoms with van der Waals surface area (Å²) in [6, 6.07) is 11.5. The first-order chi connectivity index (χ1) is 8.62. The second kappa shape index (κ2) is 5.85. The topological polar surface area (TPSA) is 15.3 Å². The van der Waals surface area contributed by atoms with E-state index in [-0.39, 0.29) is 5.54 Å². The average Bonchev–Trinajstić information content (AvgIpc) is 2.80. The van der Waals surface area contributed by atoms with Gasteiger partial charge in [0.05, 0.1) is 0 Å². The Hall–Kier alpha value is -0.860. The zero-order valence-electron chi connectivity index (χ0n) is 11.9. The minimum atomic E-state index is 0.255. The summed E-state index contributed by atoms with van der Waals surface area (Å²) >= 11 is 0. The van der Waals surface area contributed by atoms with Crippen LogP contribution in [0.2, 0.25) is 0 Å². The standard InChI is InChI=1S/C16H26N2/c1-4-17-15-10-11-18(13-15)16(2,3)12-14-8-6-5-7-9-14/h5-9,15,17H,4,10-13H2,1-3H3. The van der Waals surface area contributed by atoms with Crippen LogP contribution in [-0.4, -0.2) is 36.1 Å². The van der Waals surface area contributed by atoms with Crippen LogP contribution in [0.25, 0.3) is 0 Å². The summed E-state index contributed by atoms with van der Waals surface area (Å²) in [5.41, 5.74) is 1.69. The lowest BCUT2D eigenvalue weighted by molar-refractivity contribution is 0.151. The van der Waals surface area contributed by atoms with Crippen LogP contribution in [0.1, 0.15) is 32.8 Å². The molecule has 0 saturated carbocycles. The summed E-state index contributed by atoms with van der Waals surface area (Å²) in [7, 11) is 0. The highest BCUT2D eigenvalue weighted by atomic mass is 15.2. The molecule has 1 heterocycles. The van der Waals surface area contributed by atoms with Crippen LogP contribution in [0.15, 0.2) is 30.3 Å². The summed E-state index contributed by atoms with van der Waals surface area (Å²) in [5.74, 6) is 0. The van der Waals surface area contributed by atoms with E-state index in [1.54, 1.807) is 0 Å². The molecule has 0 spiro atoms. The molecular weight excluding hydrogens is 220 g/mol. The molecular formula is C16H26N2. The van der Waals surface area contributed by atoms with Crippen molar-refractivity contribution in [3.63, 3.8) is 0 Å². The molecule has 1 N–H and O–H groups in total. The number of hydrogen-bond acceptors (Lipinski definition) is 2. The van der Waals surface area contributed by atoms with Crippen molar-refractivity contribution in [2.75, 3.05) is 19.6 Å². The van der Waals surface area contributed by atoms with Gasteiger partial charge in [0.2, 0.25) is 0 Å². The molecule has 1 aliphatic rings. The molecule has 2 nitrogen and oxygen atoms in total. The third-order valence-electron chi connectivity index (χ3n) is 4.02. The molecule has 0 aromatic heterocycles. The fourth-order valence-corrected chi connectivity index (χ4v) is 2.97. The lowest BCUT2D eigenvalue weighted by Gasteiger charge is -2.36. The molecule has 0 radical (unpaired) electrons. The number of nitrogens with one attached hydrogen (secondary N) is 1. The van der Waals surface area contributed by atoms with Crippen LogP contribution in [0.3, 0.4) is 0 Å². The summed E-state index contributed by atoms with van der Waals surface area (Å²) in [4.78, 5) is 2.63. The van der Waals surface area contributed by atoms with Crippen LogP contribution >= 0.6 is 0 Å². The third-order valence-corrected chi connectivity index (χ3v) is 4.02. The van der Waals surface area contributed by atoms with Crippen LogP contribution in [0.5, 0.6) is 0 Å². The van der Waals surface area contributed by atoms with E-state index >= 15 is 0 Å². The van der Waals surface area contributed by atoms with Gasteiger partial charge in [0.25, 0.3) is 0 Å². The molecule has 1 fully saturated rings. The minimum Gasteiger partial charge on any atom is -0.313 e. The van der Waals surface area contributed by atoms with Gasteiger partial charge in [0, 0.05) is 24.7 Å². The molecule has 1 atom stereocenters. The van der Waals surface area contributed by atoms with Gasteiger partial charge in [-0.1, -0.05) is 37.3 Å². The summed E-state index contributed by atoms with van der Waals surface area (Å²) in [6.07, 6.45) is 2.42. The van der Waals surface area contributed by atoms with Crippen molar-refractivity contribution < 1.29 is 0 Å². The summed E-state index contributed by atoms with van der Waals surface area (Å²) in [5, 5.41) is 3.57. The predicted molar refractivity (Wildman–Crippen MR) is 77.9 cm³/mol. The van der Waals surface area contributed by atoms with Gasteiger partial charge in [0.1, 0.15) is 0 Å². The Morgan fingerprint density at radius 3 is 2.67 bits per heavy atom. The van der Waals surface area contributed by atoms with Gasteiger partial charge in [-0.25, -0.2) is 0 Å². The first-order valence-corrected chi connectivity index (χ1v) is 7.14. The molecule has 1 aromatic carbocycles. The molecule has 1 saturated heterocycles. The van der Waals surface area contributed by atoms with Gasteiger partial charge < -0.3 is 5.32 Å². The number of likely N-dealkylation sites (tertiary alicyclic amines) is 1. The minimum absolute atomic E-state index is 0.255. The van der Waals surface area contributed by atoms with Gasteiger partial charge in [-0.05, 0) is 38.8 Å². The SMILES string of the molecule is CCNC1CCN(C(C)(C)Cc2ccccc2)C1. The molecule has 2 heteroatoms. The van der Waals surface area contributed by atoms with Crippen LogP contribution < -0.4 is 5.32 Å². The smallest absolute Gasteiger partial charge is 0.0207 e. The van der Waals surface area contributed by atoms with Crippen molar-refractivity contribution >= 4 is 0 Å². The first-order valence-electron chi connectivity index (χ1n) is 7.14. The molecule has 0 bridgehead atoms. The Balaban J connectivity index is 1.95. The third kappa shape index (κ3) is 3.33. The van der Waals surface area contributed by atoms with E-state index in [0.29, 0.717) is 6.04 Å². The van der Waals surface area contributed by atoms with Gasteiger partial charge in [-0.3, -0.25) is 4.90 Å². The Morgan fingerprint density at radius 2 is 2.00 bits per heavy atom. The molecule has 18 heavy (non-hydrogen) atoms. The lowest BCUT2D eigenvalue weighted by Crippen LogP contribution is -2.45. The first kappa shape index (κ1) is 13.6. The Bertz CT molecular complexity index is 359. The van der Waals surface area contributed by atoms with E-state index in [1.165, 1.54) is 25.1 Å². The molecule has 0 aliphatic carbocycles. The summed E-state index contributed by atoms with van der Waals surface area (Å²) < 4.78 is 0. The molecule has 2 rings (SSSR count).